The molecule has 10 heteroatoms. The number of benzene rings is 1. The third-order valence-electron chi connectivity index (χ3n) is 2.17. The molecule has 118 valence electrons. The van der Waals surface area contributed by atoms with Crippen molar-refractivity contribution in [3.05, 3.63) is 28.2 Å². The van der Waals surface area contributed by atoms with E-state index in [2.05, 4.69) is 21.2 Å². The smallest absolute Gasteiger partial charge is 0.325 e. The summed E-state index contributed by atoms with van der Waals surface area (Å²) in [4.78, 5) is 11.3. The molecule has 1 amide bonds. The quantitative estimate of drug-likeness (QED) is 0.786. The number of carbonyl (C=O) groups excluding carboxylic acids is 1. The largest absolute Gasteiger partial charge is 0.417 e. The molecule has 1 aromatic rings. The van der Waals surface area contributed by atoms with E-state index in [1.54, 1.807) is 0 Å². The maximum Gasteiger partial charge on any atom is 0.417 e. The highest BCUT2D eigenvalue weighted by molar-refractivity contribution is 9.10. The molecule has 1 rings (SSSR count). The predicted octanol–water partition coefficient (Wildman–Crippen LogP) is 3.56. The minimum absolute atomic E-state index is 0.163. The van der Waals surface area contributed by atoms with Crippen LogP contribution in [-0.4, -0.2) is 25.2 Å². The van der Waals surface area contributed by atoms with Gasteiger partial charge in [0.25, 0.3) is 0 Å². The van der Waals surface area contributed by atoms with Crippen LogP contribution in [0.5, 0.6) is 0 Å². The van der Waals surface area contributed by atoms with Crippen molar-refractivity contribution in [1.29, 1.82) is 0 Å². The summed E-state index contributed by atoms with van der Waals surface area (Å²) >= 11 is 2.73. The van der Waals surface area contributed by atoms with Gasteiger partial charge in [0.2, 0.25) is 5.91 Å². The Morgan fingerprint density at radius 1 is 1.14 bits per heavy atom. The van der Waals surface area contributed by atoms with E-state index in [9.17, 15) is 31.1 Å². The zero-order chi connectivity index (χ0) is 16.3. The van der Waals surface area contributed by atoms with E-state index in [4.69, 9.17) is 0 Å². The predicted molar refractivity (Wildman–Crippen MR) is 66.7 cm³/mol. The number of amides is 1. The van der Waals surface area contributed by atoms with Crippen LogP contribution in [0.15, 0.2) is 22.7 Å². The SMILES string of the molecule is O=C(CNCC(F)(F)F)Nc1ccc(Br)c(C(F)(F)F)c1. The molecule has 0 aromatic heterocycles. The Bertz CT molecular complexity index is 514. The molecule has 0 saturated carbocycles. The molecular weight excluding hydrogens is 370 g/mol. The standard InChI is InChI=1S/C11H9BrF6N2O/c12-8-2-1-6(3-7(8)11(16,17)18)20-9(21)4-19-5-10(13,14)15/h1-3,19H,4-5H2,(H,20,21). The average molecular weight is 379 g/mol. The molecule has 0 heterocycles. The molecule has 0 aliphatic rings. The second-order valence-corrected chi connectivity index (χ2v) is 4.81. The lowest BCUT2D eigenvalue weighted by atomic mass is 10.2. The van der Waals surface area contributed by atoms with Crippen LogP contribution in [-0.2, 0) is 11.0 Å². The molecule has 0 radical (unpaired) electrons. The van der Waals surface area contributed by atoms with Crippen LogP contribution in [0.3, 0.4) is 0 Å². The Morgan fingerprint density at radius 3 is 2.29 bits per heavy atom. The zero-order valence-corrected chi connectivity index (χ0v) is 11.8. The van der Waals surface area contributed by atoms with Gasteiger partial charge in [-0.15, -0.1) is 0 Å². The third kappa shape index (κ3) is 6.34. The number of anilines is 1. The Kier molecular flexibility index (Phi) is 5.62. The van der Waals surface area contributed by atoms with Gasteiger partial charge in [-0.3, -0.25) is 4.79 Å². The second kappa shape index (κ2) is 6.65. The highest BCUT2D eigenvalue weighted by atomic mass is 79.9. The Balaban J connectivity index is 2.65. The lowest BCUT2D eigenvalue weighted by molar-refractivity contribution is -0.138. The molecule has 0 fully saturated rings. The van der Waals surface area contributed by atoms with Gasteiger partial charge in [-0.25, -0.2) is 0 Å². The van der Waals surface area contributed by atoms with Crippen molar-refractivity contribution in [3.63, 3.8) is 0 Å². The van der Waals surface area contributed by atoms with Crippen LogP contribution >= 0.6 is 15.9 Å². The van der Waals surface area contributed by atoms with Gasteiger partial charge in [0.15, 0.2) is 0 Å². The molecule has 0 unspecified atom stereocenters. The molecular formula is C11H9BrF6N2O. The first-order valence-electron chi connectivity index (χ1n) is 5.43. The van der Waals surface area contributed by atoms with Gasteiger partial charge >= 0.3 is 12.4 Å². The molecule has 3 nitrogen and oxygen atoms in total. The van der Waals surface area contributed by atoms with Crippen molar-refractivity contribution in [2.45, 2.75) is 12.4 Å². The third-order valence-corrected chi connectivity index (χ3v) is 2.86. The summed E-state index contributed by atoms with van der Waals surface area (Å²) in [6, 6.07) is 2.97. The van der Waals surface area contributed by atoms with Crippen LogP contribution in [0.4, 0.5) is 32.0 Å². The van der Waals surface area contributed by atoms with Gasteiger partial charge in [0.1, 0.15) is 0 Å². The van der Waals surface area contributed by atoms with Crippen molar-refractivity contribution in [3.8, 4) is 0 Å². The number of hydrogen-bond donors (Lipinski definition) is 2. The number of halogens is 7. The van der Waals surface area contributed by atoms with Gasteiger partial charge in [-0.1, -0.05) is 15.9 Å². The summed E-state index contributed by atoms with van der Waals surface area (Å²) in [7, 11) is 0. The number of nitrogens with one attached hydrogen (secondary N) is 2. The van der Waals surface area contributed by atoms with E-state index in [0.717, 1.165) is 6.07 Å². The van der Waals surface area contributed by atoms with E-state index in [-0.39, 0.29) is 10.2 Å². The first-order valence-corrected chi connectivity index (χ1v) is 6.22. The minimum Gasteiger partial charge on any atom is -0.325 e. The maximum atomic E-state index is 12.6. The van der Waals surface area contributed by atoms with E-state index >= 15 is 0 Å². The highest BCUT2D eigenvalue weighted by Crippen LogP contribution is 2.36. The van der Waals surface area contributed by atoms with Crippen LogP contribution in [0.1, 0.15) is 5.56 Å². The monoisotopic (exact) mass is 378 g/mol. The molecule has 0 aliphatic carbocycles. The minimum atomic E-state index is -4.62. The number of alkyl halides is 6. The highest BCUT2D eigenvalue weighted by Gasteiger charge is 2.33. The average Bonchev–Trinajstić information content (AvgIpc) is 2.28. The summed E-state index contributed by atoms with van der Waals surface area (Å²) in [5.74, 6) is -0.880. The summed E-state index contributed by atoms with van der Waals surface area (Å²) in [6.45, 7) is -2.04. The number of hydrogen-bond acceptors (Lipinski definition) is 2. The van der Waals surface area contributed by atoms with E-state index in [0.29, 0.717) is 6.07 Å². The van der Waals surface area contributed by atoms with Gasteiger partial charge < -0.3 is 10.6 Å². The molecule has 1 aromatic carbocycles. The molecule has 0 aliphatic heterocycles. The summed E-state index contributed by atoms with van der Waals surface area (Å²) < 4.78 is 73.2. The van der Waals surface area contributed by atoms with Crippen molar-refractivity contribution in [1.82, 2.24) is 5.32 Å². The van der Waals surface area contributed by atoms with Crippen LogP contribution in [0, 0.1) is 0 Å². The summed E-state index contributed by atoms with van der Waals surface area (Å²) in [5.41, 5.74) is -1.16. The fourth-order valence-corrected chi connectivity index (χ4v) is 1.81. The van der Waals surface area contributed by atoms with E-state index in [1.807, 2.05) is 5.32 Å². The summed E-state index contributed by atoms with van der Waals surface area (Å²) in [5, 5.41) is 3.91. The second-order valence-electron chi connectivity index (χ2n) is 3.96. The normalized spacial score (nSPS) is 12.3. The van der Waals surface area contributed by atoms with Gasteiger partial charge in [-0.2, -0.15) is 26.3 Å². The van der Waals surface area contributed by atoms with Gasteiger partial charge in [0.05, 0.1) is 18.7 Å². The zero-order valence-electron chi connectivity index (χ0n) is 10.2. The first-order chi connectivity index (χ1) is 9.49. The molecule has 2 N–H and O–H groups in total. The fourth-order valence-electron chi connectivity index (χ4n) is 1.34. The fraction of sp³-hybridized carbons (Fsp3) is 0.364. The Labute approximate surface area is 123 Å². The van der Waals surface area contributed by atoms with Crippen molar-refractivity contribution >= 4 is 27.5 Å². The van der Waals surface area contributed by atoms with Crippen LogP contribution in [0.2, 0.25) is 0 Å². The molecule has 0 atom stereocenters. The Hall–Kier alpha value is -1.29. The van der Waals surface area contributed by atoms with Crippen molar-refractivity contribution in [2.24, 2.45) is 0 Å². The Morgan fingerprint density at radius 2 is 1.76 bits per heavy atom. The first kappa shape index (κ1) is 17.8. The number of carbonyl (C=O) groups is 1. The van der Waals surface area contributed by atoms with Crippen molar-refractivity contribution < 1.29 is 31.1 Å². The molecule has 21 heavy (non-hydrogen) atoms. The topological polar surface area (TPSA) is 41.1 Å². The maximum absolute atomic E-state index is 12.6. The van der Waals surface area contributed by atoms with Crippen LogP contribution in [0.25, 0.3) is 0 Å². The molecule has 0 spiro atoms. The molecule has 0 bridgehead atoms. The molecule has 0 saturated heterocycles. The van der Waals surface area contributed by atoms with Gasteiger partial charge in [-0.05, 0) is 18.2 Å². The number of rotatable bonds is 4. The van der Waals surface area contributed by atoms with Gasteiger partial charge in [0, 0.05) is 10.2 Å². The summed E-state index contributed by atoms with van der Waals surface area (Å²) in [6.07, 6.45) is -9.09. The van der Waals surface area contributed by atoms with E-state index < -0.39 is 36.9 Å². The lowest BCUT2D eigenvalue weighted by Crippen LogP contribution is -2.35. The van der Waals surface area contributed by atoms with Crippen molar-refractivity contribution in [2.75, 3.05) is 18.4 Å². The van der Waals surface area contributed by atoms with E-state index in [1.165, 1.54) is 6.07 Å². The van der Waals surface area contributed by atoms with Crippen LogP contribution < -0.4 is 10.6 Å². The lowest BCUT2D eigenvalue weighted by Gasteiger charge is -2.12.